The topological polar surface area (TPSA) is 37.3 Å². The summed E-state index contributed by atoms with van der Waals surface area (Å²) in [6, 6.07) is 9.99. The lowest BCUT2D eigenvalue weighted by Gasteiger charge is -2.11. The first kappa shape index (κ1) is 10.9. The van der Waals surface area contributed by atoms with Gasteiger partial charge in [0.25, 0.3) is 5.92 Å². The predicted octanol–water partition coefficient (Wildman–Crippen LogP) is 3.51. The van der Waals surface area contributed by atoms with Gasteiger partial charge >= 0.3 is 5.97 Å². The Bertz CT molecular complexity index is 663. The lowest BCUT2D eigenvalue weighted by atomic mass is 9.99. The molecular formula is C14H8F2O2. The van der Waals surface area contributed by atoms with Gasteiger partial charge in [-0.1, -0.05) is 36.4 Å². The average Bonchev–Trinajstić information content (AvgIpc) is 2.59. The van der Waals surface area contributed by atoms with E-state index in [1.54, 1.807) is 6.07 Å². The van der Waals surface area contributed by atoms with Crippen LogP contribution in [0.25, 0.3) is 11.1 Å². The minimum Gasteiger partial charge on any atom is -0.478 e. The van der Waals surface area contributed by atoms with Gasteiger partial charge in [0.05, 0.1) is 5.56 Å². The van der Waals surface area contributed by atoms with Gasteiger partial charge in [0.1, 0.15) is 0 Å². The Kier molecular flexibility index (Phi) is 2.05. The number of alkyl halides is 2. The molecule has 0 spiro atoms. The van der Waals surface area contributed by atoms with Crippen LogP contribution in [0.1, 0.15) is 21.5 Å². The average molecular weight is 246 g/mol. The standard InChI is InChI=1S/C14H8F2O2/c15-14(16)10-6-2-1-4-8(10)12-9(13(17)18)5-3-7-11(12)14/h1-7H,(H,17,18). The molecule has 1 aliphatic rings. The van der Waals surface area contributed by atoms with E-state index in [0.29, 0.717) is 5.56 Å². The Labute approximate surface area is 101 Å². The summed E-state index contributed by atoms with van der Waals surface area (Å²) in [6.07, 6.45) is 0. The number of aromatic carboxylic acids is 1. The summed E-state index contributed by atoms with van der Waals surface area (Å²) in [6.45, 7) is 0. The Morgan fingerprint density at radius 3 is 2.39 bits per heavy atom. The molecule has 0 radical (unpaired) electrons. The van der Waals surface area contributed by atoms with Crippen molar-refractivity contribution in [3.63, 3.8) is 0 Å². The molecule has 0 heterocycles. The van der Waals surface area contributed by atoms with Crippen molar-refractivity contribution in [2.24, 2.45) is 0 Å². The van der Waals surface area contributed by atoms with Crippen LogP contribution >= 0.6 is 0 Å². The second-order valence-electron chi connectivity index (χ2n) is 4.15. The van der Waals surface area contributed by atoms with E-state index in [2.05, 4.69) is 0 Å². The van der Waals surface area contributed by atoms with Crippen molar-refractivity contribution >= 4 is 5.97 Å². The van der Waals surface area contributed by atoms with Crippen LogP contribution in [-0.4, -0.2) is 11.1 Å². The Morgan fingerprint density at radius 2 is 1.67 bits per heavy atom. The second kappa shape index (κ2) is 3.38. The molecule has 90 valence electrons. The maximum Gasteiger partial charge on any atom is 0.336 e. The van der Waals surface area contributed by atoms with Crippen molar-refractivity contribution in [3.05, 3.63) is 59.2 Å². The molecule has 0 bridgehead atoms. The van der Waals surface area contributed by atoms with Gasteiger partial charge < -0.3 is 5.11 Å². The van der Waals surface area contributed by atoms with E-state index in [0.717, 1.165) is 0 Å². The molecule has 2 aromatic rings. The minimum atomic E-state index is -3.13. The maximum absolute atomic E-state index is 14.2. The molecule has 0 saturated carbocycles. The zero-order chi connectivity index (χ0) is 12.9. The molecule has 0 unspecified atom stereocenters. The summed E-state index contributed by atoms with van der Waals surface area (Å²) in [4.78, 5) is 11.1. The van der Waals surface area contributed by atoms with Gasteiger partial charge in [-0.05, 0) is 11.6 Å². The third kappa shape index (κ3) is 1.23. The molecule has 0 fully saturated rings. The number of carboxylic acid groups (broad SMARTS) is 1. The van der Waals surface area contributed by atoms with Gasteiger partial charge in [0, 0.05) is 16.7 Å². The van der Waals surface area contributed by atoms with E-state index in [-0.39, 0.29) is 22.3 Å². The molecule has 0 aliphatic heterocycles. The fourth-order valence-corrected chi connectivity index (χ4v) is 2.40. The zero-order valence-corrected chi connectivity index (χ0v) is 9.15. The maximum atomic E-state index is 14.2. The molecule has 1 aliphatic carbocycles. The summed E-state index contributed by atoms with van der Waals surface area (Å²) in [7, 11) is 0. The highest BCUT2D eigenvalue weighted by molar-refractivity contribution is 5.99. The van der Waals surface area contributed by atoms with Crippen LogP contribution in [0.15, 0.2) is 42.5 Å². The van der Waals surface area contributed by atoms with Crippen LogP contribution in [0, 0.1) is 0 Å². The molecule has 0 atom stereocenters. The molecule has 3 rings (SSSR count). The minimum absolute atomic E-state index is 0.0860. The molecular weight excluding hydrogens is 238 g/mol. The monoisotopic (exact) mass is 246 g/mol. The van der Waals surface area contributed by atoms with E-state index in [4.69, 9.17) is 5.11 Å². The Balaban J connectivity index is 2.44. The molecule has 18 heavy (non-hydrogen) atoms. The number of hydrogen-bond donors (Lipinski definition) is 1. The summed E-state index contributed by atoms with van der Waals surface area (Å²) in [5.74, 6) is -4.32. The Hall–Kier alpha value is -2.23. The van der Waals surface area contributed by atoms with Crippen LogP contribution < -0.4 is 0 Å². The summed E-state index contributed by atoms with van der Waals surface area (Å²) in [5.41, 5.74) is -0.0180. The third-order valence-corrected chi connectivity index (χ3v) is 3.17. The number of benzene rings is 2. The van der Waals surface area contributed by atoms with E-state index in [9.17, 15) is 13.6 Å². The number of carbonyl (C=O) groups is 1. The van der Waals surface area contributed by atoms with Gasteiger partial charge in [0.15, 0.2) is 0 Å². The highest BCUT2D eigenvalue weighted by Crippen LogP contribution is 2.51. The molecule has 1 N–H and O–H groups in total. The fourth-order valence-electron chi connectivity index (χ4n) is 2.40. The second-order valence-corrected chi connectivity index (χ2v) is 4.15. The summed E-state index contributed by atoms with van der Waals surface area (Å²) in [5, 5.41) is 9.10. The van der Waals surface area contributed by atoms with Gasteiger partial charge in [-0.15, -0.1) is 0 Å². The van der Waals surface area contributed by atoms with Crippen molar-refractivity contribution in [2.45, 2.75) is 5.92 Å². The molecule has 0 saturated heterocycles. The van der Waals surface area contributed by atoms with Crippen LogP contribution in [0.2, 0.25) is 0 Å². The molecule has 2 nitrogen and oxygen atoms in total. The molecule has 2 aromatic carbocycles. The summed E-state index contributed by atoms with van der Waals surface area (Å²) >= 11 is 0. The summed E-state index contributed by atoms with van der Waals surface area (Å²) < 4.78 is 28.4. The van der Waals surface area contributed by atoms with E-state index in [1.807, 2.05) is 0 Å². The number of halogens is 2. The highest BCUT2D eigenvalue weighted by Gasteiger charge is 2.45. The van der Waals surface area contributed by atoms with Gasteiger partial charge in [-0.3, -0.25) is 0 Å². The van der Waals surface area contributed by atoms with Gasteiger partial charge in [-0.25, -0.2) is 4.79 Å². The number of rotatable bonds is 1. The van der Waals surface area contributed by atoms with Gasteiger partial charge in [0.2, 0.25) is 0 Å². The lowest BCUT2D eigenvalue weighted by Crippen LogP contribution is -2.11. The van der Waals surface area contributed by atoms with Crippen LogP contribution in [0.3, 0.4) is 0 Å². The first-order valence-corrected chi connectivity index (χ1v) is 5.38. The van der Waals surface area contributed by atoms with Crippen molar-refractivity contribution in [1.29, 1.82) is 0 Å². The molecule has 0 aromatic heterocycles. The molecule has 4 heteroatoms. The lowest BCUT2D eigenvalue weighted by molar-refractivity contribution is 0.0479. The van der Waals surface area contributed by atoms with Crippen molar-refractivity contribution < 1.29 is 18.7 Å². The predicted molar refractivity (Wildman–Crippen MR) is 61.8 cm³/mol. The number of carboxylic acids is 1. The van der Waals surface area contributed by atoms with E-state index < -0.39 is 11.9 Å². The van der Waals surface area contributed by atoms with Crippen molar-refractivity contribution in [3.8, 4) is 11.1 Å². The Morgan fingerprint density at radius 1 is 1.00 bits per heavy atom. The number of fused-ring (bicyclic) bond motifs is 3. The quantitative estimate of drug-likeness (QED) is 0.836. The van der Waals surface area contributed by atoms with Crippen molar-refractivity contribution in [2.75, 3.05) is 0 Å². The van der Waals surface area contributed by atoms with E-state index in [1.165, 1.54) is 36.4 Å². The smallest absolute Gasteiger partial charge is 0.336 e. The normalized spacial score (nSPS) is 15.0. The first-order chi connectivity index (χ1) is 8.53. The van der Waals surface area contributed by atoms with E-state index >= 15 is 0 Å². The largest absolute Gasteiger partial charge is 0.478 e. The van der Waals surface area contributed by atoms with Crippen molar-refractivity contribution in [1.82, 2.24) is 0 Å². The van der Waals surface area contributed by atoms with Crippen LogP contribution in [-0.2, 0) is 5.92 Å². The number of hydrogen-bond acceptors (Lipinski definition) is 1. The van der Waals surface area contributed by atoms with Crippen LogP contribution in [0.5, 0.6) is 0 Å². The third-order valence-electron chi connectivity index (χ3n) is 3.17. The molecule has 0 amide bonds. The zero-order valence-electron chi connectivity index (χ0n) is 9.15. The highest BCUT2D eigenvalue weighted by atomic mass is 19.3. The van der Waals surface area contributed by atoms with Crippen LogP contribution in [0.4, 0.5) is 8.78 Å². The first-order valence-electron chi connectivity index (χ1n) is 5.38. The van der Waals surface area contributed by atoms with Gasteiger partial charge in [-0.2, -0.15) is 8.78 Å². The fraction of sp³-hybridized carbons (Fsp3) is 0.0714. The SMILES string of the molecule is O=C(O)c1cccc2c1-c1ccccc1C2(F)F.